The first-order chi connectivity index (χ1) is 14.6. The minimum Gasteiger partial charge on any atom is -0.313 e. The molecule has 156 valence electrons. The van der Waals surface area contributed by atoms with Crippen molar-refractivity contribution in [3.8, 4) is 11.1 Å². The lowest BCUT2D eigenvalue weighted by Crippen LogP contribution is -2.40. The minimum atomic E-state index is -0.406. The van der Waals surface area contributed by atoms with Crippen LogP contribution in [0.3, 0.4) is 0 Å². The van der Waals surface area contributed by atoms with Crippen LogP contribution in [0.4, 0.5) is 8.78 Å². The lowest BCUT2D eigenvalue weighted by molar-refractivity contribution is 0.429. The predicted molar refractivity (Wildman–Crippen MR) is 116 cm³/mol. The van der Waals surface area contributed by atoms with Gasteiger partial charge in [0.15, 0.2) is 0 Å². The van der Waals surface area contributed by atoms with E-state index in [4.69, 9.17) is 0 Å². The molecule has 2 N–H and O–H groups in total. The Morgan fingerprint density at radius 2 is 2.07 bits per heavy atom. The van der Waals surface area contributed by atoms with Gasteiger partial charge in [0.25, 0.3) is 5.56 Å². The van der Waals surface area contributed by atoms with E-state index in [1.165, 1.54) is 18.5 Å². The molecule has 1 aromatic heterocycles. The third-order valence-corrected chi connectivity index (χ3v) is 6.31. The third-order valence-electron chi connectivity index (χ3n) is 5.55. The fourth-order valence-electron chi connectivity index (χ4n) is 4.15. The second-order valence-corrected chi connectivity index (χ2v) is 8.49. The van der Waals surface area contributed by atoms with Crippen LogP contribution >= 0.6 is 11.9 Å². The highest BCUT2D eigenvalue weighted by Crippen LogP contribution is 2.34. The smallest absolute Gasteiger partial charge is 0.254 e. The molecule has 0 fully saturated rings. The van der Waals surface area contributed by atoms with Gasteiger partial charge in [-0.1, -0.05) is 49.2 Å². The van der Waals surface area contributed by atoms with Crippen molar-refractivity contribution in [2.75, 3.05) is 5.75 Å². The summed E-state index contributed by atoms with van der Waals surface area (Å²) in [5, 5.41) is 0. The molecule has 4 nitrogen and oxygen atoms in total. The average molecular weight is 428 g/mol. The van der Waals surface area contributed by atoms with Crippen molar-refractivity contribution in [2.24, 2.45) is 0 Å². The average Bonchev–Trinajstić information content (AvgIpc) is 2.74. The maximum absolute atomic E-state index is 15.5. The zero-order chi connectivity index (χ0) is 21.1. The summed E-state index contributed by atoms with van der Waals surface area (Å²) >= 11 is 1.60. The second kappa shape index (κ2) is 9.10. The quantitative estimate of drug-likeness (QED) is 0.564. The molecule has 2 aromatic carbocycles. The van der Waals surface area contributed by atoms with E-state index < -0.39 is 5.82 Å². The first kappa shape index (κ1) is 20.8. The number of nitrogens with zero attached hydrogens (tertiary/aromatic N) is 1. The Morgan fingerprint density at radius 1 is 1.23 bits per heavy atom. The number of hydrogen-bond acceptors (Lipinski definition) is 4. The van der Waals surface area contributed by atoms with Crippen LogP contribution in [0.25, 0.3) is 11.1 Å². The maximum atomic E-state index is 15.5. The normalized spacial score (nSPS) is 18.2. The van der Waals surface area contributed by atoms with Gasteiger partial charge in [-0.05, 0) is 42.5 Å². The van der Waals surface area contributed by atoms with E-state index in [1.807, 2.05) is 0 Å². The number of aromatic nitrogens is 2. The van der Waals surface area contributed by atoms with Gasteiger partial charge < -0.3 is 4.98 Å². The van der Waals surface area contributed by atoms with Crippen molar-refractivity contribution >= 4 is 11.9 Å². The van der Waals surface area contributed by atoms with Crippen LogP contribution < -0.4 is 10.3 Å². The van der Waals surface area contributed by atoms with Crippen molar-refractivity contribution in [2.45, 2.75) is 38.1 Å². The first-order valence-corrected chi connectivity index (χ1v) is 11.0. The third kappa shape index (κ3) is 4.18. The predicted octanol–water partition coefficient (Wildman–Crippen LogP) is 4.61. The van der Waals surface area contributed by atoms with Gasteiger partial charge in [-0.15, -0.1) is 0 Å². The number of rotatable bonds is 6. The minimum absolute atomic E-state index is 0.0324. The van der Waals surface area contributed by atoms with E-state index in [0.29, 0.717) is 35.1 Å². The van der Waals surface area contributed by atoms with Crippen molar-refractivity contribution in [1.82, 2.24) is 14.7 Å². The topological polar surface area (TPSA) is 57.8 Å². The summed E-state index contributed by atoms with van der Waals surface area (Å²) in [7, 11) is 0. The van der Waals surface area contributed by atoms with Crippen molar-refractivity contribution < 1.29 is 8.78 Å². The molecule has 1 heterocycles. The van der Waals surface area contributed by atoms with E-state index in [0.717, 1.165) is 17.9 Å². The lowest BCUT2D eigenvalue weighted by Gasteiger charge is -2.32. The van der Waals surface area contributed by atoms with E-state index in [1.54, 1.807) is 42.3 Å². The maximum Gasteiger partial charge on any atom is 0.254 e. The molecule has 1 aliphatic rings. The van der Waals surface area contributed by atoms with Gasteiger partial charge in [0, 0.05) is 28.8 Å². The second-order valence-electron chi connectivity index (χ2n) is 7.39. The number of hydrogen-bond donors (Lipinski definition) is 2. The number of nitrogens with one attached hydrogen (secondary N) is 2. The summed E-state index contributed by atoms with van der Waals surface area (Å²) in [6.45, 7) is 2.06. The molecule has 0 aliphatic heterocycles. The lowest BCUT2D eigenvalue weighted by atomic mass is 9.78. The highest BCUT2D eigenvalue weighted by molar-refractivity contribution is 7.97. The van der Waals surface area contributed by atoms with Crippen LogP contribution in [0.2, 0.25) is 0 Å². The molecular formula is C23H23F2N3OS. The molecule has 30 heavy (non-hydrogen) atoms. The van der Waals surface area contributed by atoms with Gasteiger partial charge in [0.2, 0.25) is 0 Å². The number of aromatic amines is 1. The standard InChI is InChI=1S/C23H23F2N3OS/c1-2-30-28-19-9-10-20-21(23(29)27-13-26-20)18(19)12-15-6-4-8-17(22(15)25)14-5-3-7-16(24)11-14/h3-8,11,13,18-19,28H,2,9-10,12H2,1H3,(H,26,27,29)/t18-,19-/m0/s1. The van der Waals surface area contributed by atoms with E-state index in [-0.39, 0.29) is 23.3 Å². The van der Waals surface area contributed by atoms with Gasteiger partial charge in [-0.2, -0.15) is 0 Å². The summed E-state index contributed by atoms with van der Waals surface area (Å²) in [4.78, 5) is 19.7. The van der Waals surface area contributed by atoms with E-state index in [2.05, 4.69) is 21.6 Å². The largest absolute Gasteiger partial charge is 0.313 e. The molecule has 2 atom stereocenters. The molecule has 0 amide bonds. The number of aryl methyl sites for hydroxylation is 1. The van der Waals surface area contributed by atoms with Crippen LogP contribution in [0.5, 0.6) is 0 Å². The molecule has 0 saturated heterocycles. The Hall–Kier alpha value is -2.51. The van der Waals surface area contributed by atoms with Gasteiger partial charge in [0.1, 0.15) is 11.6 Å². The molecule has 4 rings (SSSR count). The Bertz CT molecular complexity index is 1100. The van der Waals surface area contributed by atoms with Gasteiger partial charge in [-0.25, -0.2) is 13.8 Å². The molecule has 1 aliphatic carbocycles. The zero-order valence-corrected chi connectivity index (χ0v) is 17.4. The SMILES string of the molecule is CCSN[C@H]1CCc2nc[nH]c(=O)c2[C@H]1Cc1cccc(-c2cccc(F)c2)c1F. The van der Waals surface area contributed by atoms with Gasteiger partial charge >= 0.3 is 0 Å². The monoisotopic (exact) mass is 427 g/mol. The Balaban J connectivity index is 1.73. The summed E-state index contributed by atoms with van der Waals surface area (Å²) < 4.78 is 32.6. The van der Waals surface area contributed by atoms with Gasteiger partial charge in [-0.3, -0.25) is 9.52 Å². The molecule has 0 bridgehead atoms. The van der Waals surface area contributed by atoms with Gasteiger partial charge in [0.05, 0.1) is 12.0 Å². The van der Waals surface area contributed by atoms with Crippen LogP contribution in [0.1, 0.15) is 36.1 Å². The molecular weight excluding hydrogens is 404 g/mol. The number of benzene rings is 2. The molecule has 3 aromatic rings. The molecule has 0 radical (unpaired) electrons. The summed E-state index contributed by atoms with van der Waals surface area (Å²) in [5.41, 5.74) is 2.61. The van der Waals surface area contributed by atoms with Crippen molar-refractivity contribution in [1.29, 1.82) is 0 Å². The van der Waals surface area contributed by atoms with Crippen LogP contribution in [0.15, 0.2) is 53.6 Å². The van der Waals surface area contributed by atoms with Crippen LogP contribution in [-0.4, -0.2) is 21.8 Å². The molecule has 7 heteroatoms. The summed E-state index contributed by atoms with van der Waals surface area (Å²) in [6, 6.07) is 11.1. The molecule has 0 saturated carbocycles. The Kier molecular flexibility index (Phi) is 6.29. The Morgan fingerprint density at radius 3 is 2.87 bits per heavy atom. The molecule has 0 spiro atoms. The number of fused-ring (bicyclic) bond motifs is 1. The van der Waals surface area contributed by atoms with Crippen molar-refractivity contribution in [3.05, 3.63) is 87.6 Å². The van der Waals surface area contributed by atoms with Crippen LogP contribution in [-0.2, 0) is 12.8 Å². The first-order valence-electron chi connectivity index (χ1n) is 10.1. The fraction of sp³-hybridized carbons (Fsp3) is 0.304. The Labute approximate surface area is 178 Å². The van der Waals surface area contributed by atoms with Crippen molar-refractivity contribution in [3.63, 3.8) is 0 Å². The number of H-pyrrole nitrogens is 1. The summed E-state index contributed by atoms with van der Waals surface area (Å²) in [5.74, 6) is -0.0972. The highest BCUT2D eigenvalue weighted by atomic mass is 32.2. The van der Waals surface area contributed by atoms with Crippen LogP contribution in [0, 0.1) is 11.6 Å². The fourth-order valence-corrected chi connectivity index (χ4v) is 4.82. The zero-order valence-electron chi connectivity index (χ0n) is 16.6. The molecule has 0 unspecified atom stereocenters. The number of halogens is 2. The van der Waals surface area contributed by atoms with E-state index >= 15 is 4.39 Å². The van der Waals surface area contributed by atoms with E-state index in [9.17, 15) is 9.18 Å². The summed E-state index contributed by atoms with van der Waals surface area (Å²) in [6.07, 6.45) is 3.33. The highest BCUT2D eigenvalue weighted by Gasteiger charge is 2.33.